The number of hydrogen-bond donors (Lipinski definition) is 1. The number of rotatable bonds is 4. The number of fused-ring (bicyclic) bond motifs is 1. The van der Waals surface area contributed by atoms with E-state index in [-0.39, 0.29) is 24.2 Å². The number of nitrogens with one attached hydrogen (secondary N) is 1. The molecule has 0 bridgehead atoms. The third kappa shape index (κ3) is 3.39. The van der Waals surface area contributed by atoms with Crippen LogP contribution in [0.4, 0.5) is 0 Å². The van der Waals surface area contributed by atoms with E-state index in [1.807, 2.05) is 6.92 Å². The molecule has 2 heterocycles. The summed E-state index contributed by atoms with van der Waals surface area (Å²) >= 11 is 0. The lowest BCUT2D eigenvalue weighted by atomic mass is 10.2. The predicted octanol–water partition coefficient (Wildman–Crippen LogP) is 1.16. The molecule has 1 N–H and O–H groups in total. The molecule has 2 rings (SSSR count). The Bertz CT molecular complexity index is 481. The van der Waals surface area contributed by atoms with E-state index in [9.17, 15) is 9.59 Å². The van der Waals surface area contributed by atoms with Crippen LogP contribution in [0.3, 0.4) is 0 Å². The molecule has 0 spiro atoms. The number of nitrogens with zero attached hydrogens (tertiary/aromatic N) is 3. The summed E-state index contributed by atoms with van der Waals surface area (Å²) in [5.41, 5.74) is 0. The van der Waals surface area contributed by atoms with Crippen molar-refractivity contribution >= 4 is 11.7 Å². The largest absolute Gasteiger partial charge is 0.346 e. The number of aryl methyl sites for hydroxylation is 1. The molecule has 0 aromatic carbocycles. The minimum Gasteiger partial charge on any atom is -0.346 e. The molecule has 1 aliphatic heterocycles. The molecule has 6 heteroatoms. The zero-order valence-electron chi connectivity index (χ0n) is 11.5. The van der Waals surface area contributed by atoms with Gasteiger partial charge in [0, 0.05) is 13.0 Å². The van der Waals surface area contributed by atoms with Crippen molar-refractivity contribution in [2.45, 2.75) is 58.5 Å². The summed E-state index contributed by atoms with van der Waals surface area (Å²) in [5, 5.41) is 11.2. The van der Waals surface area contributed by atoms with Crippen molar-refractivity contribution in [1.29, 1.82) is 0 Å². The SMILES string of the molecule is CC(=O)CC(=O)NC(C)c1nnc2n1CCCCC2. The van der Waals surface area contributed by atoms with Gasteiger partial charge < -0.3 is 9.88 Å². The Labute approximate surface area is 112 Å². The molecule has 1 aromatic heterocycles. The second-order valence-electron chi connectivity index (χ2n) is 5.10. The van der Waals surface area contributed by atoms with Gasteiger partial charge in [-0.15, -0.1) is 10.2 Å². The van der Waals surface area contributed by atoms with E-state index in [1.165, 1.54) is 13.3 Å². The van der Waals surface area contributed by atoms with Crippen LogP contribution in [0.1, 0.15) is 57.2 Å². The van der Waals surface area contributed by atoms with Gasteiger partial charge in [0.05, 0.1) is 12.5 Å². The Hall–Kier alpha value is -1.72. The Balaban J connectivity index is 2.07. The van der Waals surface area contributed by atoms with Crippen LogP contribution < -0.4 is 5.32 Å². The average Bonchev–Trinajstić information content (AvgIpc) is 2.57. The van der Waals surface area contributed by atoms with Crippen LogP contribution in [0.5, 0.6) is 0 Å². The first-order chi connectivity index (χ1) is 9.08. The van der Waals surface area contributed by atoms with Crippen molar-refractivity contribution in [3.05, 3.63) is 11.6 Å². The molecular formula is C13H20N4O2. The predicted molar refractivity (Wildman–Crippen MR) is 69.4 cm³/mol. The summed E-state index contributed by atoms with van der Waals surface area (Å²) in [7, 11) is 0. The quantitative estimate of drug-likeness (QED) is 0.828. The van der Waals surface area contributed by atoms with Crippen molar-refractivity contribution in [3.8, 4) is 0 Å². The summed E-state index contributed by atoms with van der Waals surface area (Å²) < 4.78 is 2.10. The average molecular weight is 264 g/mol. The second kappa shape index (κ2) is 5.95. The van der Waals surface area contributed by atoms with Gasteiger partial charge in [0.15, 0.2) is 5.82 Å². The monoisotopic (exact) mass is 264 g/mol. The van der Waals surface area contributed by atoms with Gasteiger partial charge in [0.2, 0.25) is 5.91 Å². The topological polar surface area (TPSA) is 76.9 Å². The summed E-state index contributed by atoms with van der Waals surface area (Å²) in [4.78, 5) is 22.5. The molecule has 0 saturated heterocycles. The van der Waals surface area contributed by atoms with Crippen LogP contribution in [0.15, 0.2) is 0 Å². The van der Waals surface area contributed by atoms with Gasteiger partial charge in [-0.3, -0.25) is 9.59 Å². The summed E-state index contributed by atoms with van der Waals surface area (Å²) in [6.45, 7) is 4.19. The van der Waals surface area contributed by atoms with Crippen molar-refractivity contribution in [2.24, 2.45) is 0 Å². The van der Waals surface area contributed by atoms with Crippen LogP contribution >= 0.6 is 0 Å². The van der Waals surface area contributed by atoms with Crippen LogP contribution in [0.2, 0.25) is 0 Å². The number of amides is 1. The number of Topliss-reactive ketones (excluding diaryl/α,β-unsaturated/α-hetero) is 1. The molecule has 1 atom stereocenters. The first-order valence-electron chi connectivity index (χ1n) is 6.78. The molecule has 1 aromatic rings. The Morgan fingerprint density at radius 1 is 1.32 bits per heavy atom. The van der Waals surface area contributed by atoms with Crippen LogP contribution in [-0.4, -0.2) is 26.5 Å². The second-order valence-corrected chi connectivity index (χ2v) is 5.10. The highest BCUT2D eigenvalue weighted by atomic mass is 16.2. The third-order valence-electron chi connectivity index (χ3n) is 3.31. The number of ketones is 1. The van der Waals surface area contributed by atoms with Crippen LogP contribution in [0.25, 0.3) is 0 Å². The molecule has 1 aliphatic rings. The minimum atomic E-state index is -0.258. The fourth-order valence-corrected chi connectivity index (χ4v) is 2.41. The number of aromatic nitrogens is 3. The summed E-state index contributed by atoms with van der Waals surface area (Å²) in [5.74, 6) is 1.39. The molecule has 19 heavy (non-hydrogen) atoms. The minimum absolute atomic E-state index is 0.0780. The standard InChI is InChI=1S/C13H20N4O2/c1-9(18)8-12(19)14-10(2)13-16-15-11-6-4-3-5-7-17(11)13/h10H,3-8H2,1-2H3,(H,14,19). The molecule has 1 unspecified atom stereocenters. The van der Waals surface area contributed by atoms with Crippen LogP contribution in [0, 0.1) is 0 Å². The lowest BCUT2D eigenvalue weighted by molar-refractivity contribution is -0.127. The van der Waals surface area contributed by atoms with Gasteiger partial charge in [0.25, 0.3) is 0 Å². The van der Waals surface area contributed by atoms with Crippen molar-refractivity contribution in [1.82, 2.24) is 20.1 Å². The van der Waals surface area contributed by atoms with E-state index in [2.05, 4.69) is 20.1 Å². The maximum absolute atomic E-state index is 11.6. The fraction of sp³-hybridized carbons (Fsp3) is 0.692. The van der Waals surface area contributed by atoms with Gasteiger partial charge >= 0.3 is 0 Å². The lowest BCUT2D eigenvalue weighted by Crippen LogP contribution is -2.30. The van der Waals surface area contributed by atoms with E-state index in [0.717, 1.165) is 37.5 Å². The van der Waals surface area contributed by atoms with E-state index in [0.29, 0.717) is 0 Å². The van der Waals surface area contributed by atoms with Gasteiger partial charge in [-0.1, -0.05) is 6.42 Å². The molecular weight excluding hydrogens is 244 g/mol. The number of carbonyl (C=O) groups is 2. The van der Waals surface area contributed by atoms with Crippen molar-refractivity contribution < 1.29 is 9.59 Å². The molecule has 0 radical (unpaired) electrons. The van der Waals surface area contributed by atoms with E-state index < -0.39 is 0 Å². The Kier molecular flexibility index (Phi) is 4.29. The van der Waals surface area contributed by atoms with Crippen LogP contribution in [-0.2, 0) is 22.6 Å². The number of carbonyl (C=O) groups excluding carboxylic acids is 2. The van der Waals surface area contributed by atoms with E-state index in [4.69, 9.17) is 0 Å². The molecule has 0 fully saturated rings. The first kappa shape index (κ1) is 13.7. The molecule has 6 nitrogen and oxygen atoms in total. The van der Waals surface area contributed by atoms with Gasteiger partial charge in [0.1, 0.15) is 11.6 Å². The Morgan fingerprint density at radius 3 is 2.84 bits per heavy atom. The Morgan fingerprint density at radius 2 is 2.11 bits per heavy atom. The maximum Gasteiger partial charge on any atom is 0.228 e. The fourth-order valence-electron chi connectivity index (χ4n) is 2.41. The van der Waals surface area contributed by atoms with E-state index >= 15 is 0 Å². The molecule has 1 amide bonds. The smallest absolute Gasteiger partial charge is 0.228 e. The van der Waals surface area contributed by atoms with Crippen molar-refractivity contribution in [3.63, 3.8) is 0 Å². The van der Waals surface area contributed by atoms with Gasteiger partial charge in [-0.2, -0.15) is 0 Å². The third-order valence-corrected chi connectivity index (χ3v) is 3.31. The summed E-state index contributed by atoms with van der Waals surface area (Å²) in [6.07, 6.45) is 4.33. The van der Waals surface area contributed by atoms with Gasteiger partial charge in [-0.05, 0) is 26.7 Å². The lowest BCUT2D eigenvalue weighted by Gasteiger charge is -2.14. The summed E-state index contributed by atoms with van der Waals surface area (Å²) in [6, 6.07) is -0.216. The first-order valence-corrected chi connectivity index (χ1v) is 6.78. The molecule has 0 aliphatic carbocycles. The zero-order valence-corrected chi connectivity index (χ0v) is 11.5. The maximum atomic E-state index is 11.6. The van der Waals surface area contributed by atoms with E-state index in [1.54, 1.807) is 0 Å². The zero-order chi connectivity index (χ0) is 13.8. The normalized spacial score (nSPS) is 16.3. The molecule has 0 saturated carbocycles. The van der Waals surface area contributed by atoms with Gasteiger partial charge in [-0.25, -0.2) is 0 Å². The highest BCUT2D eigenvalue weighted by Gasteiger charge is 2.20. The number of hydrogen-bond acceptors (Lipinski definition) is 4. The van der Waals surface area contributed by atoms with Crippen molar-refractivity contribution in [2.75, 3.05) is 0 Å². The highest BCUT2D eigenvalue weighted by Crippen LogP contribution is 2.18. The highest BCUT2D eigenvalue weighted by molar-refractivity contribution is 5.96. The molecule has 104 valence electrons.